The van der Waals surface area contributed by atoms with Gasteiger partial charge in [-0.15, -0.1) is 0 Å². The Hall–Kier alpha value is -2.30. The number of furan rings is 1. The molecule has 2 rings (SSSR count). The first-order chi connectivity index (χ1) is 9.88. The van der Waals surface area contributed by atoms with E-state index in [1.54, 1.807) is 6.26 Å². The van der Waals surface area contributed by atoms with E-state index in [-0.39, 0.29) is 18.2 Å². The summed E-state index contributed by atoms with van der Waals surface area (Å²) < 4.78 is 5.52. The highest BCUT2D eigenvalue weighted by Gasteiger charge is 2.14. The van der Waals surface area contributed by atoms with Gasteiger partial charge in [-0.2, -0.15) is 0 Å². The third kappa shape index (κ3) is 3.42. The number of aryl methyl sites for hydroxylation is 1. The standard InChI is InChI=1S/C16H20N2O3/c1-9(2)13-7-14-12(6-16(20)18-17-11(4)19)8-21-15(14)5-10(13)3/h5,7-9H,6H2,1-4H3,(H,17,19)(H,18,20). The minimum Gasteiger partial charge on any atom is -0.464 e. The third-order valence-electron chi connectivity index (χ3n) is 3.39. The molecule has 0 spiro atoms. The summed E-state index contributed by atoms with van der Waals surface area (Å²) in [5, 5.41) is 0.947. The number of carbonyl (C=O) groups is 2. The van der Waals surface area contributed by atoms with Crippen LogP contribution < -0.4 is 10.9 Å². The molecule has 2 aromatic rings. The summed E-state index contributed by atoms with van der Waals surface area (Å²) in [6.07, 6.45) is 1.76. The summed E-state index contributed by atoms with van der Waals surface area (Å²) in [5.74, 6) is -0.178. The zero-order valence-electron chi connectivity index (χ0n) is 12.7. The van der Waals surface area contributed by atoms with Gasteiger partial charge in [0.2, 0.25) is 11.8 Å². The topological polar surface area (TPSA) is 71.3 Å². The van der Waals surface area contributed by atoms with Crippen molar-refractivity contribution in [3.8, 4) is 0 Å². The second-order valence-electron chi connectivity index (χ2n) is 5.53. The molecule has 0 fully saturated rings. The van der Waals surface area contributed by atoms with E-state index in [2.05, 4.69) is 37.7 Å². The van der Waals surface area contributed by atoms with Crippen LogP contribution in [0, 0.1) is 6.92 Å². The number of benzene rings is 1. The summed E-state index contributed by atoms with van der Waals surface area (Å²) in [6.45, 7) is 7.67. The summed E-state index contributed by atoms with van der Waals surface area (Å²) in [5.41, 5.74) is 8.65. The van der Waals surface area contributed by atoms with E-state index >= 15 is 0 Å². The Bertz CT molecular complexity index is 686. The lowest BCUT2D eigenvalue weighted by molar-refractivity contribution is -0.127. The SMILES string of the molecule is CC(=O)NNC(=O)Cc1coc2cc(C)c(C(C)C)cc12. The molecule has 0 atom stereocenters. The van der Waals surface area contributed by atoms with Crippen LogP contribution in [0.5, 0.6) is 0 Å². The Morgan fingerprint density at radius 3 is 2.57 bits per heavy atom. The van der Waals surface area contributed by atoms with Crippen molar-refractivity contribution in [1.82, 2.24) is 10.9 Å². The number of carbonyl (C=O) groups excluding carboxylic acids is 2. The van der Waals surface area contributed by atoms with Gasteiger partial charge in [-0.05, 0) is 36.1 Å². The Kier molecular flexibility index (Phi) is 4.31. The predicted molar refractivity (Wildman–Crippen MR) is 80.7 cm³/mol. The smallest absolute Gasteiger partial charge is 0.242 e. The minimum absolute atomic E-state index is 0.161. The fraction of sp³-hybridized carbons (Fsp3) is 0.375. The van der Waals surface area contributed by atoms with Gasteiger partial charge in [0.25, 0.3) is 0 Å². The van der Waals surface area contributed by atoms with Gasteiger partial charge in [0.1, 0.15) is 5.58 Å². The lowest BCUT2D eigenvalue weighted by atomic mass is 9.95. The van der Waals surface area contributed by atoms with E-state index < -0.39 is 0 Å². The monoisotopic (exact) mass is 288 g/mol. The molecule has 1 heterocycles. The first-order valence-corrected chi connectivity index (χ1v) is 6.94. The van der Waals surface area contributed by atoms with E-state index in [9.17, 15) is 9.59 Å². The molecular weight excluding hydrogens is 268 g/mol. The van der Waals surface area contributed by atoms with E-state index in [4.69, 9.17) is 4.42 Å². The molecule has 21 heavy (non-hydrogen) atoms. The third-order valence-corrected chi connectivity index (χ3v) is 3.39. The molecule has 0 unspecified atom stereocenters. The van der Waals surface area contributed by atoms with Gasteiger partial charge in [0, 0.05) is 17.9 Å². The first-order valence-electron chi connectivity index (χ1n) is 6.94. The summed E-state index contributed by atoms with van der Waals surface area (Å²) in [4.78, 5) is 22.6. The summed E-state index contributed by atoms with van der Waals surface area (Å²) in [7, 11) is 0. The Balaban J connectivity index is 2.26. The number of fused-ring (bicyclic) bond motifs is 1. The fourth-order valence-corrected chi connectivity index (χ4v) is 2.38. The van der Waals surface area contributed by atoms with Crippen molar-refractivity contribution in [1.29, 1.82) is 0 Å². The van der Waals surface area contributed by atoms with Crippen molar-refractivity contribution in [3.63, 3.8) is 0 Å². The molecule has 0 radical (unpaired) electrons. The summed E-state index contributed by atoms with van der Waals surface area (Å²) in [6, 6.07) is 4.08. The van der Waals surface area contributed by atoms with Crippen molar-refractivity contribution < 1.29 is 14.0 Å². The highest BCUT2D eigenvalue weighted by molar-refractivity contribution is 5.89. The maximum Gasteiger partial charge on any atom is 0.242 e. The molecule has 5 nitrogen and oxygen atoms in total. The van der Waals surface area contributed by atoms with Crippen LogP contribution in [-0.4, -0.2) is 11.8 Å². The normalized spacial score (nSPS) is 10.9. The molecule has 5 heteroatoms. The van der Waals surface area contributed by atoms with Crippen molar-refractivity contribution in [2.75, 3.05) is 0 Å². The second-order valence-corrected chi connectivity index (χ2v) is 5.53. The van der Waals surface area contributed by atoms with Crippen LogP contribution in [-0.2, 0) is 16.0 Å². The Morgan fingerprint density at radius 2 is 1.95 bits per heavy atom. The number of hydrazine groups is 1. The van der Waals surface area contributed by atoms with Gasteiger partial charge in [-0.1, -0.05) is 13.8 Å². The lowest BCUT2D eigenvalue weighted by Crippen LogP contribution is -2.41. The van der Waals surface area contributed by atoms with Gasteiger partial charge in [-0.25, -0.2) is 0 Å². The average molecular weight is 288 g/mol. The largest absolute Gasteiger partial charge is 0.464 e. The average Bonchev–Trinajstić information content (AvgIpc) is 2.77. The fourth-order valence-electron chi connectivity index (χ4n) is 2.38. The number of nitrogens with one attached hydrogen (secondary N) is 2. The van der Waals surface area contributed by atoms with Crippen LogP contribution in [0.3, 0.4) is 0 Å². The number of hydrogen-bond donors (Lipinski definition) is 2. The first kappa shape index (κ1) is 15.1. The van der Waals surface area contributed by atoms with E-state index in [1.165, 1.54) is 18.1 Å². The molecule has 1 aromatic heterocycles. The Labute approximate surface area is 123 Å². The second kappa shape index (κ2) is 5.99. The van der Waals surface area contributed by atoms with Crippen molar-refractivity contribution in [2.45, 2.75) is 40.0 Å². The van der Waals surface area contributed by atoms with Crippen LogP contribution in [0.25, 0.3) is 11.0 Å². The van der Waals surface area contributed by atoms with Gasteiger partial charge in [-0.3, -0.25) is 20.4 Å². The molecule has 0 aliphatic rings. The van der Waals surface area contributed by atoms with E-state index in [0.29, 0.717) is 5.92 Å². The van der Waals surface area contributed by atoms with Gasteiger partial charge in [0.05, 0.1) is 12.7 Å². The molecule has 0 bridgehead atoms. The molecule has 1 aromatic carbocycles. The van der Waals surface area contributed by atoms with Crippen LogP contribution >= 0.6 is 0 Å². The predicted octanol–water partition coefficient (Wildman–Crippen LogP) is 2.57. The number of rotatable bonds is 3. The summed E-state index contributed by atoms with van der Waals surface area (Å²) >= 11 is 0. The van der Waals surface area contributed by atoms with Crippen LogP contribution in [0.2, 0.25) is 0 Å². The van der Waals surface area contributed by atoms with Gasteiger partial charge >= 0.3 is 0 Å². The number of hydrogen-bond acceptors (Lipinski definition) is 3. The highest BCUT2D eigenvalue weighted by atomic mass is 16.3. The van der Waals surface area contributed by atoms with Crippen LogP contribution in [0.1, 0.15) is 43.4 Å². The number of amides is 2. The van der Waals surface area contributed by atoms with Crippen LogP contribution in [0.15, 0.2) is 22.8 Å². The zero-order valence-corrected chi connectivity index (χ0v) is 12.7. The minimum atomic E-state index is -0.307. The molecule has 112 valence electrons. The van der Waals surface area contributed by atoms with Gasteiger partial charge < -0.3 is 4.42 Å². The molecule has 0 saturated carbocycles. The zero-order chi connectivity index (χ0) is 15.6. The van der Waals surface area contributed by atoms with Crippen molar-refractivity contribution in [3.05, 3.63) is 35.1 Å². The molecule has 0 saturated heterocycles. The van der Waals surface area contributed by atoms with Gasteiger partial charge in [0.15, 0.2) is 0 Å². The quantitative estimate of drug-likeness (QED) is 0.853. The Morgan fingerprint density at radius 1 is 1.24 bits per heavy atom. The molecule has 0 aliphatic heterocycles. The van der Waals surface area contributed by atoms with E-state index in [1.807, 2.05) is 6.07 Å². The maximum absolute atomic E-state index is 11.8. The molecule has 0 aliphatic carbocycles. The maximum atomic E-state index is 11.8. The van der Waals surface area contributed by atoms with E-state index in [0.717, 1.165) is 16.5 Å². The van der Waals surface area contributed by atoms with Crippen molar-refractivity contribution >= 4 is 22.8 Å². The van der Waals surface area contributed by atoms with Crippen molar-refractivity contribution in [2.24, 2.45) is 0 Å². The highest BCUT2D eigenvalue weighted by Crippen LogP contribution is 2.29. The lowest BCUT2D eigenvalue weighted by Gasteiger charge is -2.10. The molecule has 2 N–H and O–H groups in total. The van der Waals surface area contributed by atoms with Crippen LogP contribution in [0.4, 0.5) is 0 Å². The molecular formula is C16H20N2O3. The molecule has 2 amide bonds.